The second-order valence-corrected chi connectivity index (χ2v) is 7.01. The van der Waals surface area contributed by atoms with Crippen molar-refractivity contribution in [1.82, 2.24) is 9.55 Å². The van der Waals surface area contributed by atoms with Gasteiger partial charge in [0.15, 0.2) is 11.5 Å². The monoisotopic (exact) mass is 400 g/mol. The van der Waals surface area contributed by atoms with Crippen molar-refractivity contribution in [3.8, 4) is 45.5 Å². The smallest absolute Gasteiger partial charge is 0.231 e. The van der Waals surface area contributed by atoms with Crippen molar-refractivity contribution in [1.29, 1.82) is 0 Å². The lowest BCUT2D eigenvalue weighted by molar-refractivity contribution is 0.174. The van der Waals surface area contributed by atoms with E-state index in [0.29, 0.717) is 23.8 Å². The predicted molar refractivity (Wildman–Crippen MR) is 113 cm³/mol. The van der Waals surface area contributed by atoms with Crippen LogP contribution in [0, 0.1) is 0 Å². The molecule has 0 saturated carbocycles. The standard InChI is InChI=1S/C24H20N2O4/c1-28-20-12-22-21(29-15-30-22)11-19(20)24-23(17-5-3-2-4-6-17)25-14-26(24)13-16-7-9-18(27)10-8-16/h2-12,14,27H,13,15H2,1H3. The molecule has 0 amide bonds. The van der Waals surface area contributed by atoms with Crippen LogP contribution in [0.15, 0.2) is 73.1 Å². The number of phenols is 1. The molecular formula is C24H20N2O4. The zero-order valence-electron chi connectivity index (χ0n) is 16.4. The van der Waals surface area contributed by atoms with Crippen LogP contribution in [-0.4, -0.2) is 28.6 Å². The van der Waals surface area contributed by atoms with E-state index in [2.05, 4.69) is 4.57 Å². The molecular weight excluding hydrogens is 380 g/mol. The van der Waals surface area contributed by atoms with Gasteiger partial charge in [-0.3, -0.25) is 0 Å². The molecule has 2 heterocycles. The maximum absolute atomic E-state index is 9.60. The molecule has 0 radical (unpaired) electrons. The second kappa shape index (κ2) is 7.48. The van der Waals surface area contributed by atoms with Gasteiger partial charge in [0.2, 0.25) is 6.79 Å². The highest BCUT2D eigenvalue weighted by Gasteiger charge is 2.24. The molecule has 0 aliphatic carbocycles. The van der Waals surface area contributed by atoms with Crippen molar-refractivity contribution in [3.05, 3.63) is 78.6 Å². The number of fused-ring (bicyclic) bond motifs is 1. The second-order valence-electron chi connectivity index (χ2n) is 7.01. The van der Waals surface area contributed by atoms with E-state index < -0.39 is 0 Å². The van der Waals surface area contributed by atoms with Crippen molar-refractivity contribution < 1.29 is 19.3 Å². The first-order chi connectivity index (χ1) is 14.7. The summed E-state index contributed by atoms with van der Waals surface area (Å²) in [5, 5.41) is 9.60. The Morgan fingerprint density at radius 3 is 2.47 bits per heavy atom. The Bertz CT molecular complexity index is 1180. The molecule has 6 nitrogen and oxygen atoms in total. The van der Waals surface area contributed by atoms with Crippen molar-refractivity contribution >= 4 is 0 Å². The Morgan fingerprint density at radius 1 is 1.00 bits per heavy atom. The van der Waals surface area contributed by atoms with Crippen LogP contribution in [0.4, 0.5) is 0 Å². The highest BCUT2D eigenvalue weighted by atomic mass is 16.7. The first-order valence-electron chi connectivity index (χ1n) is 9.59. The highest BCUT2D eigenvalue weighted by molar-refractivity contribution is 5.83. The van der Waals surface area contributed by atoms with E-state index in [4.69, 9.17) is 19.2 Å². The molecule has 1 aliphatic rings. The molecule has 3 aromatic carbocycles. The van der Waals surface area contributed by atoms with Crippen LogP contribution in [0.3, 0.4) is 0 Å². The van der Waals surface area contributed by atoms with Crippen LogP contribution < -0.4 is 14.2 Å². The maximum Gasteiger partial charge on any atom is 0.231 e. The fourth-order valence-corrected chi connectivity index (χ4v) is 3.67. The van der Waals surface area contributed by atoms with Gasteiger partial charge in [0.25, 0.3) is 0 Å². The Balaban J connectivity index is 1.69. The number of rotatable bonds is 5. The van der Waals surface area contributed by atoms with Gasteiger partial charge in [-0.1, -0.05) is 42.5 Å². The number of hydrogen-bond acceptors (Lipinski definition) is 5. The average Bonchev–Trinajstić information content (AvgIpc) is 3.41. The molecule has 4 aromatic rings. The highest BCUT2D eigenvalue weighted by Crippen LogP contribution is 2.45. The fourth-order valence-electron chi connectivity index (χ4n) is 3.67. The van der Waals surface area contributed by atoms with E-state index in [1.54, 1.807) is 19.2 Å². The quantitative estimate of drug-likeness (QED) is 0.526. The van der Waals surface area contributed by atoms with Crippen molar-refractivity contribution in [2.24, 2.45) is 0 Å². The fraction of sp³-hybridized carbons (Fsp3) is 0.125. The number of methoxy groups -OCH3 is 1. The lowest BCUT2D eigenvalue weighted by Gasteiger charge is -2.15. The minimum absolute atomic E-state index is 0.195. The Morgan fingerprint density at radius 2 is 1.73 bits per heavy atom. The van der Waals surface area contributed by atoms with E-state index in [1.807, 2.05) is 60.9 Å². The molecule has 1 aliphatic heterocycles. The molecule has 5 rings (SSSR count). The Hall–Kier alpha value is -3.93. The minimum Gasteiger partial charge on any atom is -0.508 e. The zero-order valence-corrected chi connectivity index (χ0v) is 16.4. The van der Waals surface area contributed by atoms with Gasteiger partial charge in [-0.2, -0.15) is 0 Å². The molecule has 6 heteroatoms. The molecule has 0 atom stereocenters. The molecule has 0 bridgehead atoms. The molecule has 1 N–H and O–H groups in total. The van der Waals surface area contributed by atoms with Crippen molar-refractivity contribution in [2.45, 2.75) is 6.54 Å². The van der Waals surface area contributed by atoms with Crippen LogP contribution >= 0.6 is 0 Å². The summed E-state index contributed by atoms with van der Waals surface area (Å²) in [6.45, 7) is 0.785. The number of aromatic hydroxyl groups is 1. The summed E-state index contributed by atoms with van der Waals surface area (Å²) in [5.41, 5.74) is 4.70. The number of phenolic OH excluding ortho intramolecular Hbond substituents is 1. The van der Waals surface area contributed by atoms with E-state index >= 15 is 0 Å². The third kappa shape index (κ3) is 3.22. The predicted octanol–water partition coefficient (Wildman–Crippen LogP) is 4.71. The number of hydrogen-bond donors (Lipinski definition) is 1. The Kier molecular flexibility index (Phi) is 4.52. The van der Waals surface area contributed by atoms with Gasteiger partial charge in [0, 0.05) is 23.7 Å². The zero-order chi connectivity index (χ0) is 20.5. The van der Waals surface area contributed by atoms with Gasteiger partial charge in [-0.15, -0.1) is 0 Å². The number of aromatic nitrogens is 2. The first-order valence-corrected chi connectivity index (χ1v) is 9.59. The van der Waals surface area contributed by atoms with Gasteiger partial charge >= 0.3 is 0 Å². The summed E-state index contributed by atoms with van der Waals surface area (Å²) in [5.74, 6) is 2.28. The van der Waals surface area contributed by atoms with E-state index in [-0.39, 0.29) is 12.5 Å². The van der Waals surface area contributed by atoms with Crippen LogP contribution in [0.1, 0.15) is 5.56 Å². The SMILES string of the molecule is COc1cc2c(cc1-c1c(-c3ccccc3)ncn1Cc1ccc(O)cc1)OCO2. The summed E-state index contributed by atoms with van der Waals surface area (Å²) < 4.78 is 18.9. The van der Waals surface area contributed by atoms with Crippen LogP contribution in [0.25, 0.3) is 22.5 Å². The number of nitrogens with zero attached hydrogens (tertiary/aromatic N) is 2. The normalized spacial score (nSPS) is 12.2. The maximum atomic E-state index is 9.60. The van der Waals surface area contributed by atoms with Gasteiger partial charge in [-0.05, 0) is 23.8 Å². The molecule has 0 fully saturated rings. The van der Waals surface area contributed by atoms with Crippen molar-refractivity contribution in [3.63, 3.8) is 0 Å². The summed E-state index contributed by atoms with van der Waals surface area (Å²) in [4.78, 5) is 4.73. The molecule has 30 heavy (non-hydrogen) atoms. The molecule has 1 aromatic heterocycles. The largest absolute Gasteiger partial charge is 0.508 e. The van der Waals surface area contributed by atoms with E-state index in [9.17, 15) is 5.11 Å². The van der Waals surface area contributed by atoms with Crippen LogP contribution in [0.2, 0.25) is 0 Å². The lowest BCUT2D eigenvalue weighted by atomic mass is 10.0. The summed E-state index contributed by atoms with van der Waals surface area (Å²) in [6.07, 6.45) is 1.83. The van der Waals surface area contributed by atoms with E-state index in [1.165, 1.54) is 0 Å². The average molecular weight is 400 g/mol. The number of imidazole rings is 1. The Labute approximate surface area is 173 Å². The lowest BCUT2D eigenvalue weighted by Crippen LogP contribution is -2.02. The van der Waals surface area contributed by atoms with Crippen LogP contribution in [0.5, 0.6) is 23.0 Å². The van der Waals surface area contributed by atoms with Crippen molar-refractivity contribution in [2.75, 3.05) is 13.9 Å². The van der Waals surface area contributed by atoms with E-state index in [0.717, 1.165) is 28.1 Å². The minimum atomic E-state index is 0.195. The van der Waals surface area contributed by atoms with Crippen LogP contribution in [-0.2, 0) is 6.54 Å². The molecule has 0 saturated heterocycles. The summed E-state index contributed by atoms with van der Waals surface area (Å²) >= 11 is 0. The summed E-state index contributed by atoms with van der Waals surface area (Å²) in [6, 6.07) is 21.0. The summed E-state index contributed by atoms with van der Waals surface area (Å²) in [7, 11) is 1.64. The van der Waals surface area contributed by atoms with Gasteiger partial charge in [0.1, 0.15) is 11.5 Å². The molecule has 150 valence electrons. The topological polar surface area (TPSA) is 65.7 Å². The molecule has 0 spiro atoms. The number of benzene rings is 3. The number of ether oxygens (including phenoxy) is 3. The van der Waals surface area contributed by atoms with Gasteiger partial charge in [-0.25, -0.2) is 4.98 Å². The molecule has 0 unspecified atom stereocenters. The van der Waals surface area contributed by atoms with Gasteiger partial charge < -0.3 is 23.9 Å². The third-order valence-electron chi connectivity index (χ3n) is 5.12. The van der Waals surface area contributed by atoms with Gasteiger partial charge in [0.05, 0.1) is 24.8 Å². The third-order valence-corrected chi connectivity index (χ3v) is 5.12. The first kappa shape index (κ1) is 18.1.